The number of hydrogen-bond acceptors (Lipinski definition) is 6. The Labute approximate surface area is 330 Å². The fraction of sp³-hybridized carbons (Fsp3) is 0.604. The zero-order valence-electron chi connectivity index (χ0n) is 34.4. The van der Waals surface area contributed by atoms with Crippen LogP contribution < -0.4 is 0 Å². The van der Waals surface area contributed by atoms with Crippen molar-refractivity contribution in [3.05, 3.63) is 97.2 Å². The Hall–Kier alpha value is -3.67. The molecule has 0 bridgehead atoms. The second-order valence-corrected chi connectivity index (χ2v) is 13.6. The molecule has 0 aliphatic carbocycles. The molecule has 6 nitrogen and oxygen atoms in total. The maximum absolute atomic E-state index is 12.6. The van der Waals surface area contributed by atoms with Crippen molar-refractivity contribution < 1.29 is 28.6 Å². The van der Waals surface area contributed by atoms with E-state index in [9.17, 15) is 14.4 Å². The molecule has 0 amide bonds. The molecule has 0 aliphatic rings. The highest BCUT2D eigenvalue weighted by Crippen LogP contribution is 2.11. The lowest BCUT2D eigenvalue weighted by atomic mass is 10.1. The van der Waals surface area contributed by atoms with E-state index in [-0.39, 0.29) is 37.5 Å². The number of carbonyl (C=O) groups excluding carboxylic acids is 3. The van der Waals surface area contributed by atoms with Crippen LogP contribution in [0.1, 0.15) is 168 Å². The molecule has 1 unspecified atom stereocenters. The Morgan fingerprint density at radius 3 is 1.48 bits per heavy atom. The van der Waals surface area contributed by atoms with Gasteiger partial charge < -0.3 is 14.2 Å². The summed E-state index contributed by atoms with van der Waals surface area (Å²) >= 11 is 0. The van der Waals surface area contributed by atoms with Crippen LogP contribution in [0, 0.1) is 0 Å². The first-order valence-electron chi connectivity index (χ1n) is 21.3. The third kappa shape index (κ3) is 39.5. The molecule has 0 aromatic rings. The Kier molecular flexibility index (Phi) is 39.2. The summed E-state index contributed by atoms with van der Waals surface area (Å²) in [4.78, 5) is 37.5. The lowest BCUT2D eigenvalue weighted by Crippen LogP contribution is -2.30. The van der Waals surface area contributed by atoms with Gasteiger partial charge in [-0.05, 0) is 83.5 Å². The molecule has 0 N–H and O–H groups in total. The second kappa shape index (κ2) is 42.1. The lowest BCUT2D eigenvalue weighted by Gasteiger charge is -2.18. The summed E-state index contributed by atoms with van der Waals surface area (Å²) in [6.07, 6.45) is 54.1. The van der Waals surface area contributed by atoms with Crippen LogP contribution in [0.15, 0.2) is 97.2 Å². The van der Waals surface area contributed by atoms with Crippen LogP contribution in [0.5, 0.6) is 0 Å². The molecule has 304 valence electrons. The van der Waals surface area contributed by atoms with Crippen LogP contribution in [0.2, 0.25) is 0 Å². The third-order valence-electron chi connectivity index (χ3n) is 8.40. The fourth-order valence-electron chi connectivity index (χ4n) is 5.22. The molecule has 0 radical (unpaired) electrons. The van der Waals surface area contributed by atoms with Crippen molar-refractivity contribution >= 4 is 17.9 Å². The van der Waals surface area contributed by atoms with Crippen molar-refractivity contribution in [3.63, 3.8) is 0 Å². The van der Waals surface area contributed by atoms with Gasteiger partial charge in [0.1, 0.15) is 13.2 Å². The topological polar surface area (TPSA) is 78.9 Å². The summed E-state index contributed by atoms with van der Waals surface area (Å²) in [6, 6.07) is 0. The number of esters is 3. The van der Waals surface area contributed by atoms with E-state index in [1.165, 1.54) is 32.1 Å². The minimum Gasteiger partial charge on any atom is -0.462 e. The van der Waals surface area contributed by atoms with E-state index < -0.39 is 6.10 Å². The van der Waals surface area contributed by atoms with Crippen molar-refractivity contribution in [2.75, 3.05) is 13.2 Å². The molecule has 0 aliphatic heterocycles. The van der Waals surface area contributed by atoms with Crippen LogP contribution in [-0.2, 0) is 28.6 Å². The molecule has 0 rings (SSSR count). The Morgan fingerprint density at radius 2 is 0.852 bits per heavy atom. The Bertz CT molecular complexity index is 1140. The van der Waals surface area contributed by atoms with Crippen LogP contribution in [0.25, 0.3) is 0 Å². The molecule has 0 saturated carbocycles. The van der Waals surface area contributed by atoms with Crippen LogP contribution in [-0.4, -0.2) is 37.2 Å². The van der Waals surface area contributed by atoms with Crippen molar-refractivity contribution in [3.8, 4) is 0 Å². The molecular formula is C48H76O6. The highest BCUT2D eigenvalue weighted by Gasteiger charge is 2.19. The fourth-order valence-corrected chi connectivity index (χ4v) is 5.22. The van der Waals surface area contributed by atoms with Gasteiger partial charge in [-0.2, -0.15) is 0 Å². The summed E-state index contributed by atoms with van der Waals surface area (Å²) in [5.74, 6) is -1.03. The van der Waals surface area contributed by atoms with Crippen molar-refractivity contribution in [2.45, 2.75) is 175 Å². The maximum Gasteiger partial charge on any atom is 0.306 e. The van der Waals surface area contributed by atoms with Gasteiger partial charge in [-0.1, -0.05) is 163 Å². The monoisotopic (exact) mass is 749 g/mol. The molecule has 0 aromatic heterocycles. The van der Waals surface area contributed by atoms with E-state index in [1.807, 2.05) is 36.5 Å². The van der Waals surface area contributed by atoms with Gasteiger partial charge in [0.05, 0.1) is 0 Å². The number of carbonyl (C=O) groups is 3. The van der Waals surface area contributed by atoms with Crippen molar-refractivity contribution in [1.29, 1.82) is 0 Å². The second-order valence-electron chi connectivity index (χ2n) is 13.6. The van der Waals surface area contributed by atoms with Gasteiger partial charge in [0, 0.05) is 19.3 Å². The van der Waals surface area contributed by atoms with Crippen LogP contribution >= 0.6 is 0 Å². The molecular weight excluding hydrogens is 673 g/mol. The average Bonchev–Trinajstić information content (AvgIpc) is 3.17. The van der Waals surface area contributed by atoms with Crippen LogP contribution in [0.3, 0.4) is 0 Å². The summed E-state index contributed by atoms with van der Waals surface area (Å²) in [6.45, 7) is 6.27. The molecule has 0 heterocycles. The molecule has 1 atom stereocenters. The minimum atomic E-state index is -0.813. The van der Waals surface area contributed by atoms with E-state index in [0.717, 1.165) is 83.5 Å². The molecule has 54 heavy (non-hydrogen) atoms. The predicted molar refractivity (Wildman–Crippen MR) is 228 cm³/mol. The largest absolute Gasteiger partial charge is 0.462 e. The number of hydrogen-bond donors (Lipinski definition) is 0. The lowest BCUT2D eigenvalue weighted by molar-refractivity contribution is -0.167. The predicted octanol–water partition coefficient (Wildman–Crippen LogP) is 13.5. The SMILES string of the molecule is CC/C=C\C/C=C\CCCCC(=O)OC(COC(=O)CCC/C=C\CCCCCC)COC(=O)CCCCCCC\C=C/C=C\C=C/C=C\C=C/CCC. The summed E-state index contributed by atoms with van der Waals surface area (Å²) < 4.78 is 16.5. The van der Waals surface area contributed by atoms with Gasteiger partial charge in [0.2, 0.25) is 0 Å². The van der Waals surface area contributed by atoms with E-state index in [4.69, 9.17) is 14.2 Å². The quantitative estimate of drug-likeness (QED) is 0.0209. The zero-order valence-corrected chi connectivity index (χ0v) is 34.4. The van der Waals surface area contributed by atoms with Crippen LogP contribution in [0.4, 0.5) is 0 Å². The van der Waals surface area contributed by atoms with Gasteiger partial charge >= 0.3 is 17.9 Å². The molecule has 6 heteroatoms. The smallest absolute Gasteiger partial charge is 0.306 e. The van der Waals surface area contributed by atoms with Crippen molar-refractivity contribution in [2.24, 2.45) is 0 Å². The highest BCUT2D eigenvalue weighted by molar-refractivity contribution is 5.71. The first-order valence-corrected chi connectivity index (χ1v) is 21.3. The molecule has 0 fully saturated rings. The summed E-state index contributed by atoms with van der Waals surface area (Å²) in [5.41, 5.74) is 0. The van der Waals surface area contributed by atoms with Gasteiger partial charge in [-0.15, -0.1) is 0 Å². The van der Waals surface area contributed by atoms with Gasteiger partial charge in [0.25, 0.3) is 0 Å². The molecule has 0 saturated heterocycles. The van der Waals surface area contributed by atoms with Gasteiger partial charge in [0.15, 0.2) is 6.10 Å². The van der Waals surface area contributed by atoms with Gasteiger partial charge in [-0.3, -0.25) is 14.4 Å². The standard InChI is InChI=1S/C48H76O6/c1-4-7-10-13-16-19-20-21-22-23-24-25-26-27-30-32-35-38-41-47(50)53-44-45(54-48(51)42-39-36-33-29-18-15-12-9-6-3)43-52-46(49)40-37-34-31-28-17-14-11-8-5-2/h9-10,12-13,16,18-25,28-29,31,45H,4-8,11,14-15,17,26-27,30,32-44H2,1-3H3/b12-9-,13-10-,19-16-,21-20-,23-22-,25-24-,29-18-,31-28-. The molecule has 0 aromatic carbocycles. The Balaban J connectivity index is 4.45. The van der Waals surface area contributed by atoms with Crippen molar-refractivity contribution in [1.82, 2.24) is 0 Å². The highest BCUT2D eigenvalue weighted by atomic mass is 16.6. The van der Waals surface area contributed by atoms with E-state index in [1.54, 1.807) is 0 Å². The van der Waals surface area contributed by atoms with Gasteiger partial charge in [-0.25, -0.2) is 0 Å². The number of unbranched alkanes of at least 4 members (excludes halogenated alkanes) is 13. The number of ether oxygens (including phenoxy) is 3. The van der Waals surface area contributed by atoms with E-state index >= 15 is 0 Å². The minimum absolute atomic E-state index is 0.115. The van der Waals surface area contributed by atoms with E-state index in [0.29, 0.717) is 25.7 Å². The first kappa shape index (κ1) is 50.3. The Morgan fingerprint density at radius 1 is 0.407 bits per heavy atom. The summed E-state index contributed by atoms with van der Waals surface area (Å²) in [5, 5.41) is 0. The average molecular weight is 749 g/mol. The summed E-state index contributed by atoms with van der Waals surface area (Å²) in [7, 11) is 0. The number of rotatable bonds is 36. The van der Waals surface area contributed by atoms with E-state index in [2.05, 4.69) is 81.5 Å². The molecule has 0 spiro atoms. The number of allylic oxidation sites excluding steroid dienone is 16. The first-order chi connectivity index (χ1) is 26.5. The maximum atomic E-state index is 12.6. The zero-order chi connectivity index (χ0) is 39.4. The third-order valence-corrected chi connectivity index (χ3v) is 8.40. The normalized spacial score (nSPS) is 13.0.